The number of hydrogen-bond donors (Lipinski definition) is 1. The first-order valence-corrected chi connectivity index (χ1v) is 13.7. The van der Waals surface area contributed by atoms with Crippen LogP contribution in [0.4, 0.5) is 11.4 Å². The highest BCUT2D eigenvalue weighted by Crippen LogP contribution is 2.35. The second-order valence-corrected chi connectivity index (χ2v) is 11.0. The number of anilines is 2. The van der Waals surface area contributed by atoms with E-state index in [9.17, 15) is 18.0 Å². The fraction of sp³-hybridized carbons (Fsp3) is 0.231. The zero-order valence-corrected chi connectivity index (χ0v) is 22.3. The smallest absolute Gasteiger partial charge is 0.265 e. The van der Waals surface area contributed by atoms with Gasteiger partial charge in [0, 0.05) is 28.8 Å². The van der Waals surface area contributed by atoms with Gasteiger partial charge in [0.1, 0.15) is 5.75 Å². The second-order valence-electron chi connectivity index (χ2n) is 8.15. The lowest BCUT2D eigenvalue weighted by molar-refractivity contribution is -0.121. The maximum atomic E-state index is 12.9. The van der Waals surface area contributed by atoms with E-state index in [1.807, 2.05) is 24.3 Å². The van der Waals surface area contributed by atoms with Crippen LogP contribution in [0.15, 0.2) is 76.1 Å². The molecule has 3 aromatic carbocycles. The molecule has 8 nitrogen and oxygen atoms in total. The van der Waals surface area contributed by atoms with Crippen LogP contribution >= 0.6 is 15.9 Å². The van der Waals surface area contributed by atoms with E-state index in [-0.39, 0.29) is 17.4 Å². The largest absolute Gasteiger partial charge is 0.482 e. The Morgan fingerprint density at radius 2 is 1.69 bits per heavy atom. The number of ether oxygens (including phenoxy) is 1. The van der Waals surface area contributed by atoms with Crippen molar-refractivity contribution in [1.82, 2.24) is 4.31 Å². The number of carbonyl (C=O) groups is 2. The van der Waals surface area contributed by atoms with Gasteiger partial charge in [0.05, 0.1) is 17.1 Å². The highest BCUT2D eigenvalue weighted by molar-refractivity contribution is 9.10. The Balaban J connectivity index is 1.53. The van der Waals surface area contributed by atoms with Crippen LogP contribution in [0.1, 0.15) is 29.8 Å². The zero-order valence-electron chi connectivity index (χ0n) is 19.9. The molecule has 1 heterocycles. The summed E-state index contributed by atoms with van der Waals surface area (Å²) in [6.45, 7) is 4.59. The number of benzene rings is 3. The first kappa shape index (κ1) is 25.9. The van der Waals surface area contributed by atoms with Crippen molar-refractivity contribution in [2.45, 2.75) is 25.3 Å². The molecular formula is C26H26BrN3O5S. The molecule has 0 spiro atoms. The van der Waals surface area contributed by atoms with Gasteiger partial charge in [-0.05, 0) is 60.2 Å². The van der Waals surface area contributed by atoms with Crippen molar-refractivity contribution in [3.63, 3.8) is 0 Å². The fourth-order valence-electron chi connectivity index (χ4n) is 3.92. The number of nitrogens with zero attached hydrogens (tertiary/aromatic N) is 2. The molecule has 0 atom stereocenters. The Hall–Kier alpha value is -3.21. The summed E-state index contributed by atoms with van der Waals surface area (Å²) in [6.07, 6.45) is 0. The number of nitrogens with one attached hydrogen (secondary N) is 1. The summed E-state index contributed by atoms with van der Waals surface area (Å²) < 4.78 is 33.3. The molecule has 10 heteroatoms. The molecule has 1 aliphatic rings. The molecule has 3 aromatic rings. The van der Waals surface area contributed by atoms with E-state index in [1.54, 1.807) is 36.9 Å². The molecule has 0 saturated carbocycles. The van der Waals surface area contributed by atoms with Crippen LogP contribution in [0.5, 0.6) is 5.75 Å². The number of sulfonamides is 1. The monoisotopic (exact) mass is 571 g/mol. The van der Waals surface area contributed by atoms with Crippen molar-refractivity contribution in [2.75, 3.05) is 29.9 Å². The lowest BCUT2D eigenvalue weighted by Gasteiger charge is -2.30. The maximum absolute atomic E-state index is 12.9. The normalized spacial score (nSPS) is 13.3. The number of halogens is 1. The Morgan fingerprint density at radius 3 is 2.33 bits per heavy atom. The molecule has 4 rings (SSSR count). The van der Waals surface area contributed by atoms with Gasteiger partial charge >= 0.3 is 0 Å². The Morgan fingerprint density at radius 1 is 1.03 bits per heavy atom. The molecule has 0 aromatic heterocycles. The summed E-state index contributed by atoms with van der Waals surface area (Å²) in [5, 5.41) is 2.82. The van der Waals surface area contributed by atoms with E-state index in [0.717, 1.165) is 10.0 Å². The van der Waals surface area contributed by atoms with Crippen molar-refractivity contribution < 1.29 is 22.7 Å². The lowest BCUT2D eigenvalue weighted by atomic mass is 10.1. The minimum absolute atomic E-state index is 0.0576. The van der Waals surface area contributed by atoms with Crippen LogP contribution < -0.4 is 15.0 Å². The van der Waals surface area contributed by atoms with Gasteiger partial charge in [-0.25, -0.2) is 8.42 Å². The molecule has 1 N–H and O–H groups in total. The van der Waals surface area contributed by atoms with Crippen molar-refractivity contribution in [2.24, 2.45) is 0 Å². The summed E-state index contributed by atoms with van der Waals surface area (Å²) in [5.74, 6) is -0.0289. The van der Waals surface area contributed by atoms with Gasteiger partial charge in [0.25, 0.3) is 11.8 Å². The summed E-state index contributed by atoms with van der Waals surface area (Å²) in [4.78, 5) is 27.3. The number of carbonyl (C=O) groups excluding carboxylic acids is 2. The molecule has 0 unspecified atom stereocenters. The minimum Gasteiger partial charge on any atom is -0.482 e. The highest BCUT2D eigenvalue weighted by Gasteiger charge is 2.26. The molecule has 0 fully saturated rings. The van der Waals surface area contributed by atoms with E-state index in [1.165, 1.54) is 28.6 Å². The molecule has 1 aliphatic heterocycles. The quantitative estimate of drug-likeness (QED) is 0.424. The number of hydrogen-bond acceptors (Lipinski definition) is 5. The first-order valence-electron chi connectivity index (χ1n) is 11.5. The summed E-state index contributed by atoms with van der Waals surface area (Å²) in [5.41, 5.74) is 2.31. The predicted molar refractivity (Wildman–Crippen MR) is 142 cm³/mol. The van der Waals surface area contributed by atoms with Gasteiger partial charge in [-0.3, -0.25) is 9.59 Å². The van der Waals surface area contributed by atoms with Crippen LogP contribution in [0.3, 0.4) is 0 Å². The third-order valence-electron chi connectivity index (χ3n) is 5.87. The van der Waals surface area contributed by atoms with Gasteiger partial charge in [0.2, 0.25) is 10.0 Å². The molecule has 2 amide bonds. The SMILES string of the molecule is CCN(CC)S(=O)(=O)c1ccc(C(=O)Nc2ccc3c(c2)N(Cc2ccc(Br)cc2)C(=O)CO3)cc1. The fourth-order valence-corrected chi connectivity index (χ4v) is 5.64. The zero-order chi connectivity index (χ0) is 25.9. The number of fused-ring (bicyclic) bond motifs is 1. The summed E-state index contributed by atoms with van der Waals surface area (Å²) >= 11 is 3.41. The van der Waals surface area contributed by atoms with Crippen molar-refractivity contribution in [3.8, 4) is 5.75 Å². The van der Waals surface area contributed by atoms with Crippen molar-refractivity contribution in [3.05, 3.63) is 82.3 Å². The minimum atomic E-state index is -3.60. The Labute approximate surface area is 219 Å². The third-order valence-corrected chi connectivity index (χ3v) is 8.47. The molecule has 188 valence electrons. The summed E-state index contributed by atoms with van der Waals surface area (Å²) in [6, 6.07) is 18.6. The molecule has 36 heavy (non-hydrogen) atoms. The van der Waals surface area contributed by atoms with E-state index < -0.39 is 15.9 Å². The Kier molecular flexibility index (Phi) is 7.77. The number of rotatable bonds is 8. The van der Waals surface area contributed by atoms with E-state index in [4.69, 9.17) is 4.74 Å². The van der Waals surface area contributed by atoms with Crippen LogP contribution in [0, 0.1) is 0 Å². The van der Waals surface area contributed by atoms with Crippen molar-refractivity contribution in [1.29, 1.82) is 0 Å². The van der Waals surface area contributed by atoms with Gasteiger partial charge in [0.15, 0.2) is 6.61 Å². The van der Waals surface area contributed by atoms with Gasteiger partial charge in [-0.2, -0.15) is 4.31 Å². The first-order chi connectivity index (χ1) is 17.2. The van der Waals surface area contributed by atoms with Crippen LogP contribution in [-0.2, 0) is 21.4 Å². The second kappa shape index (κ2) is 10.8. The van der Waals surface area contributed by atoms with Crippen LogP contribution in [-0.4, -0.2) is 44.2 Å². The molecule has 0 radical (unpaired) electrons. The van der Waals surface area contributed by atoms with Gasteiger partial charge in [-0.15, -0.1) is 0 Å². The average molecular weight is 572 g/mol. The van der Waals surface area contributed by atoms with Crippen molar-refractivity contribution >= 4 is 49.1 Å². The van der Waals surface area contributed by atoms with Crippen LogP contribution in [0.25, 0.3) is 0 Å². The molecule has 0 aliphatic carbocycles. The van der Waals surface area contributed by atoms with Gasteiger partial charge in [-0.1, -0.05) is 41.9 Å². The van der Waals surface area contributed by atoms with E-state index in [2.05, 4.69) is 21.2 Å². The lowest BCUT2D eigenvalue weighted by Crippen LogP contribution is -2.38. The summed E-state index contributed by atoms with van der Waals surface area (Å²) in [7, 11) is -3.60. The molecule has 0 bridgehead atoms. The van der Waals surface area contributed by atoms with Gasteiger partial charge < -0.3 is 15.0 Å². The maximum Gasteiger partial charge on any atom is 0.265 e. The predicted octanol–water partition coefficient (Wildman–Crippen LogP) is 4.66. The third kappa shape index (κ3) is 5.45. The average Bonchev–Trinajstić information content (AvgIpc) is 2.87. The van der Waals surface area contributed by atoms with E-state index >= 15 is 0 Å². The Bertz CT molecular complexity index is 1370. The number of amides is 2. The topological polar surface area (TPSA) is 96.0 Å². The van der Waals surface area contributed by atoms with E-state index in [0.29, 0.717) is 42.3 Å². The standard InChI is InChI=1S/C26H26BrN3O5S/c1-3-29(4-2)36(33,34)22-12-7-19(8-13-22)26(32)28-21-11-14-24-23(15-21)30(25(31)17-35-24)16-18-5-9-20(27)10-6-18/h5-15H,3-4,16-17H2,1-2H3,(H,28,32). The van der Waals surface area contributed by atoms with Crippen LogP contribution in [0.2, 0.25) is 0 Å². The highest BCUT2D eigenvalue weighted by atomic mass is 79.9. The molecular weight excluding hydrogens is 546 g/mol. The molecule has 0 saturated heterocycles.